The molecule has 0 saturated carbocycles. The molecule has 1 aromatic heterocycles. The summed E-state index contributed by atoms with van der Waals surface area (Å²) in [7, 11) is 2.10. The second-order valence-corrected chi connectivity index (χ2v) is 8.89. The summed E-state index contributed by atoms with van der Waals surface area (Å²) in [4.78, 5) is 31.2. The molecule has 1 aliphatic carbocycles. The third-order valence-electron chi connectivity index (χ3n) is 5.69. The second kappa shape index (κ2) is 8.71. The molecule has 3 rings (SSSR count). The number of piperazine rings is 1. The van der Waals surface area contributed by atoms with E-state index in [0.717, 1.165) is 51.0 Å². The SMILES string of the molecule is CCOC(=O)c1c(NC(=O)C(C)N2CCN(C)CC2)sc2c1CCC(C)C2. The Kier molecular flexibility index (Phi) is 6.55. The minimum absolute atomic E-state index is 0.0447. The molecule has 1 amide bonds. The third-order valence-corrected chi connectivity index (χ3v) is 6.86. The molecule has 1 N–H and O–H groups in total. The van der Waals surface area contributed by atoms with Gasteiger partial charge in [0.25, 0.3) is 0 Å². The molecule has 1 fully saturated rings. The highest BCUT2D eigenvalue weighted by atomic mass is 32.1. The first-order valence-electron chi connectivity index (χ1n) is 9.95. The summed E-state index contributed by atoms with van der Waals surface area (Å²) in [6.45, 7) is 10.0. The van der Waals surface area contributed by atoms with Crippen LogP contribution in [0.4, 0.5) is 5.00 Å². The molecule has 2 atom stereocenters. The zero-order chi connectivity index (χ0) is 19.6. The number of anilines is 1. The number of carbonyl (C=O) groups excluding carboxylic acids is 2. The lowest BCUT2D eigenvalue weighted by molar-refractivity contribution is -0.121. The Balaban J connectivity index is 1.79. The highest BCUT2D eigenvalue weighted by Crippen LogP contribution is 2.40. The van der Waals surface area contributed by atoms with Crippen molar-refractivity contribution in [3.05, 3.63) is 16.0 Å². The van der Waals surface area contributed by atoms with Crippen molar-refractivity contribution in [3.8, 4) is 0 Å². The Hall–Kier alpha value is -1.44. The van der Waals surface area contributed by atoms with Crippen LogP contribution in [0.25, 0.3) is 0 Å². The number of ether oxygens (including phenoxy) is 1. The summed E-state index contributed by atoms with van der Waals surface area (Å²) in [6, 6.07) is -0.216. The fraction of sp³-hybridized carbons (Fsp3) is 0.700. The number of carbonyl (C=O) groups is 2. The molecule has 6 nitrogen and oxygen atoms in total. The molecule has 27 heavy (non-hydrogen) atoms. The fourth-order valence-corrected chi connectivity index (χ4v) is 5.25. The molecule has 0 radical (unpaired) electrons. The highest BCUT2D eigenvalue weighted by molar-refractivity contribution is 7.17. The number of hydrogen-bond acceptors (Lipinski definition) is 6. The zero-order valence-electron chi connectivity index (χ0n) is 16.8. The number of rotatable bonds is 5. The molecule has 2 aliphatic rings. The van der Waals surface area contributed by atoms with Gasteiger partial charge in [0.1, 0.15) is 5.00 Å². The van der Waals surface area contributed by atoms with Crippen LogP contribution in [0.2, 0.25) is 0 Å². The summed E-state index contributed by atoms with van der Waals surface area (Å²) in [5.74, 6) is 0.253. The standard InChI is InChI=1S/C20H31N3O3S/c1-5-26-20(25)17-15-7-6-13(2)12-16(15)27-19(17)21-18(24)14(3)23-10-8-22(4)9-11-23/h13-14H,5-12H2,1-4H3,(H,21,24). The molecule has 0 aromatic carbocycles. The van der Waals surface area contributed by atoms with Gasteiger partial charge in [0, 0.05) is 31.1 Å². The van der Waals surface area contributed by atoms with E-state index in [1.54, 1.807) is 11.3 Å². The molecular weight excluding hydrogens is 362 g/mol. The number of fused-ring (bicyclic) bond motifs is 1. The molecule has 1 aliphatic heterocycles. The van der Waals surface area contributed by atoms with E-state index in [0.29, 0.717) is 23.1 Å². The quantitative estimate of drug-likeness (QED) is 0.779. The lowest BCUT2D eigenvalue weighted by Crippen LogP contribution is -2.51. The Labute approximate surface area is 165 Å². The molecule has 0 bridgehead atoms. The predicted octanol–water partition coefficient (Wildman–Crippen LogP) is 2.62. The largest absolute Gasteiger partial charge is 0.462 e. The van der Waals surface area contributed by atoms with E-state index in [1.165, 1.54) is 4.88 Å². The van der Waals surface area contributed by atoms with Crippen LogP contribution in [-0.2, 0) is 22.4 Å². The van der Waals surface area contributed by atoms with Crippen molar-refractivity contribution < 1.29 is 14.3 Å². The van der Waals surface area contributed by atoms with Crippen molar-refractivity contribution in [2.75, 3.05) is 45.2 Å². The summed E-state index contributed by atoms with van der Waals surface area (Å²) >= 11 is 1.55. The maximum Gasteiger partial charge on any atom is 0.341 e. The number of likely N-dealkylation sites (N-methyl/N-ethyl adjacent to an activating group) is 1. The van der Waals surface area contributed by atoms with Crippen LogP contribution in [0.15, 0.2) is 0 Å². The minimum atomic E-state index is -0.313. The lowest BCUT2D eigenvalue weighted by atomic mass is 9.88. The van der Waals surface area contributed by atoms with Crippen LogP contribution in [-0.4, -0.2) is 67.6 Å². The Morgan fingerprint density at radius 2 is 2.00 bits per heavy atom. The number of nitrogens with one attached hydrogen (secondary N) is 1. The number of hydrogen-bond donors (Lipinski definition) is 1. The van der Waals surface area contributed by atoms with Gasteiger partial charge in [0.05, 0.1) is 18.2 Å². The summed E-state index contributed by atoms with van der Waals surface area (Å²) < 4.78 is 5.29. The maximum absolute atomic E-state index is 12.9. The van der Waals surface area contributed by atoms with Gasteiger partial charge >= 0.3 is 5.97 Å². The molecule has 1 saturated heterocycles. The zero-order valence-corrected chi connectivity index (χ0v) is 17.7. The van der Waals surface area contributed by atoms with E-state index in [2.05, 4.69) is 29.1 Å². The van der Waals surface area contributed by atoms with Crippen molar-refractivity contribution in [2.45, 2.75) is 46.1 Å². The van der Waals surface area contributed by atoms with Gasteiger partial charge in [0.15, 0.2) is 0 Å². The van der Waals surface area contributed by atoms with E-state index >= 15 is 0 Å². The summed E-state index contributed by atoms with van der Waals surface area (Å²) in [5.41, 5.74) is 1.67. The van der Waals surface area contributed by atoms with Gasteiger partial charge in [-0.05, 0) is 51.6 Å². The monoisotopic (exact) mass is 393 g/mol. The third kappa shape index (κ3) is 4.52. The van der Waals surface area contributed by atoms with Crippen molar-refractivity contribution in [3.63, 3.8) is 0 Å². The second-order valence-electron chi connectivity index (χ2n) is 7.78. The Morgan fingerprint density at radius 3 is 2.67 bits per heavy atom. The van der Waals surface area contributed by atoms with Crippen molar-refractivity contribution in [2.24, 2.45) is 5.92 Å². The van der Waals surface area contributed by atoms with E-state index in [-0.39, 0.29) is 17.9 Å². The van der Waals surface area contributed by atoms with Gasteiger partial charge in [-0.25, -0.2) is 4.79 Å². The predicted molar refractivity (Wildman–Crippen MR) is 109 cm³/mol. The van der Waals surface area contributed by atoms with Gasteiger partial charge in [-0.1, -0.05) is 6.92 Å². The van der Waals surface area contributed by atoms with E-state index in [4.69, 9.17) is 4.74 Å². The highest BCUT2D eigenvalue weighted by Gasteiger charge is 2.31. The first-order valence-corrected chi connectivity index (χ1v) is 10.8. The van der Waals surface area contributed by atoms with Crippen LogP contribution in [0.5, 0.6) is 0 Å². The Bertz CT molecular complexity index is 695. The molecule has 7 heteroatoms. The van der Waals surface area contributed by atoms with Crippen LogP contribution in [0.3, 0.4) is 0 Å². The van der Waals surface area contributed by atoms with Gasteiger partial charge < -0.3 is 15.0 Å². The van der Waals surface area contributed by atoms with Gasteiger partial charge in [-0.2, -0.15) is 0 Å². The number of thiophene rings is 1. The number of esters is 1. The topological polar surface area (TPSA) is 61.9 Å². The first-order chi connectivity index (χ1) is 12.9. The van der Waals surface area contributed by atoms with E-state index in [9.17, 15) is 9.59 Å². The average molecular weight is 394 g/mol. The fourth-order valence-electron chi connectivity index (χ4n) is 3.85. The van der Waals surface area contributed by atoms with Gasteiger partial charge in [0.2, 0.25) is 5.91 Å². The maximum atomic E-state index is 12.9. The molecule has 2 heterocycles. The summed E-state index contributed by atoms with van der Waals surface area (Å²) in [6.07, 6.45) is 2.92. The van der Waals surface area contributed by atoms with E-state index < -0.39 is 0 Å². The molecule has 0 spiro atoms. The van der Waals surface area contributed by atoms with Crippen LogP contribution < -0.4 is 5.32 Å². The number of nitrogens with zero attached hydrogens (tertiary/aromatic N) is 2. The van der Waals surface area contributed by atoms with Crippen LogP contribution >= 0.6 is 11.3 Å². The number of amides is 1. The van der Waals surface area contributed by atoms with Crippen LogP contribution in [0.1, 0.15) is 48.0 Å². The first kappa shape index (κ1) is 20.3. The lowest BCUT2D eigenvalue weighted by Gasteiger charge is -2.35. The molecule has 150 valence electrons. The van der Waals surface area contributed by atoms with Gasteiger partial charge in [-0.3, -0.25) is 9.69 Å². The van der Waals surface area contributed by atoms with Crippen molar-refractivity contribution >= 4 is 28.2 Å². The van der Waals surface area contributed by atoms with Gasteiger partial charge in [-0.15, -0.1) is 11.3 Å². The molecular formula is C20H31N3O3S. The molecule has 2 unspecified atom stereocenters. The Morgan fingerprint density at radius 1 is 1.30 bits per heavy atom. The average Bonchev–Trinajstić information content (AvgIpc) is 2.98. The van der Waals surface area contributed by atoms with E-state index in [1.807, 2.05) is 13.8 Å². The smallest absolute Gasteiger partial charge is 0.341 e. The summed E-state index contributed by atoms with van der Waals surface area (Å²) in [5, 5.41) is 3.72. The van der Waals surface area contributed by atoms with Crippen molar-refractivity contribution in [1.82, 2.24) is 9.80 Å². The normalized spacial score (nSPS) is 22.1. The van der Waals surface area contributed by atoms with Crippen LogP contribution in [0, 0.1) is 5.92 Å². The minimum Gasteiger partial charge on any atom is -0.462 e. The van der Waals surface area contributed by atoms with Crippen molar-refractivity contribution in [1.29, 1.82) is 0 Å². The molecule has 1 aromatic rings.